The Hall–Kier alpha value is -0.650. The first-order chi connectivity index (χ1) is 11.0. The standard InChI is InChI=1S/C18H33N3O2/c1-14(2)7-10-21-13-19-17(23)18(21)8-11-20(12-9-18)15-5-3-4-6-16(15)22/h14-16,22H,3-13H2,1-2H3,(H,19,23). The van der Waals surface area contributed by atoms with Gasteiger partial charge in [0.25, 0.3) is 0 Å². The molecule has 2 saturated heterocycles. The molecular formula is C18H33N3O2. The first-order valence-corrected chi connectivity index (χ1v) is 9.48. The van der Waals surface area contributed by atoms with Gasteiger partial charge in [-0.25, -0.2) is 0 Å². The third kappa shape index (κ3) is 3.42. The molecule has 1 aliphatic carbocycles. The third-order valence-electron chi connectivity index (χ3n) is 6.22. The van der Waals surface area contributed by atoms with Crippen LogP contribution in [0.5, 0.6) is 0 Å². The maximum Gasteiger partial charge on any atom is 0.241 e. The van der Waals surface area contributed by atoms with Crippen LogP contribution in [-0.2, 0) is 4.79 Å². The second kappa shape index (κ2) is 7.08. The SMILES string of the molecule is CC(C)CCN1CNC(=O)C12CCN(C1CCCCC1O)CC2. The Labute approximate surface area is 140 Å². The van der Waals surface area contributed by atoms with E-state index in [9.17, 15) is 9.90 Å². The van der Waals surface area contributed by atoms with Crippen LogP contribution >= 0.6 is 0 Å². The molecule has 2 N–H and O–H groups in total. The molecule has 1 amide bonds. The summed E-state index contributed by atoms with van der Waals surface area (Å²) in [7, 11) is 0. The van der Waals surface area contributed by atoms with Crippen LogP contribution in [-0.4, -0.2) is 64.8 Å². The summed E-state index contributed by atoms with van der Waals surface area (Å²) in [4.78, 5) is 17.4. The summed E-state index contributed by atoms with van der Waals surface area (Å²) < 4.78 is 0. The number of aliphatic hydroxyl groups excluding tert-OH is 1. The van der Waals surface area contributed by atoms with Gasteiger partial charge >= 0.3 is 0 Å². The minimum absolute atomic E-state index is 0.174. The van der Waals surface area contributed by atoms with Crippen molar-refractivity contribution >= 4 is 5.91 Å². The lowest BCUT2D eigenvalue weighted by Gasteiger charge is -2.46. The van der Waals surface area contributed by atoms with Crippen LogP contribution in [0.4, 0.5) is 0 Å². The smallest absolute Gasteiger partial charge is 0.241 e. The van der Waals surface area contributed by atoms with Crippen molar-refractivity contribution in [2.75, 3.05) is 26.3 Å². The largest absolute Gasteiger partial charge is 0.391 e. The van der Waals surface area contributed by atoms with Crippen molar-refractivity contribution in [2.24, 2.45) is 5.92 Å². The van der Waals surface area contributed by atoms with Gasteiger partial charge in [-0.2, -0.15) is 0 Å². The Balaban J connectivity index is 1.62. The highest BCUT2D eigenvalue weighted by Gasteiger charge is 2.50. The molecule has 1 saturated carbocycles. The summed E-state index contributed by atoms with van der Waals surface area (Å²) in [5.74, 6) is 0.894. The van der Waals surface area contributed by atoms with Crippen LogP contribution in [0.1, 0.15) is 58.8 Å². The lowest BCUT2D eigenvalue weighted by Crippen LogP contribution is -2.59. The number of carbonyl (C=O) groups is 1. The van der Waals surface area contributed by atoms with E-state index in [0.717, 1.165) is 58.2 Å². The Morgan fingerprint density at radius 3 is 2.61 bits per heavy atom. The van der Waals surface area contributed by atoms with Crippen molar-refractivity contribution in [3.8, 4) is 0 Å². The Kier molecular flexibility index (Phi) is 5.29. The van der Waals surface area contributed by atoms with Crippen molar-refractivity contribution in [1.29, 1.82) is 0 Å². The van der Waals surface area contributed by atoms with Crippen LogP contribution in [0, 0.1) is 5.92 Å². The molecule has 2 atom stereocenters. The molecule has 0 aromatic rings. The second-order valence-corrected chi connectivity index (χ2v) is 8.10. The van der Waals surface area contributed by atoms with Gasteiger partial charge in [-0.1, -0.05) is 26.7 Å². The maximum absolute atomic E-state index is 12.5. The number of nitrogens with zero attached hydrogens (tertiary/aromatic N) is 2. The minimum Gasteiger partial charge on any atom is -0.391 e. The normalized spacial score (nSPS) is 32.6. The molecule has 5 heteroatoms. The molecule has 5 nitrogen and oxygen atoms in total. The summed E-state index contributed by atoms with van der Waals surface area (Å²) in [6.45, 7) is 8.07. The molecule has 0 radical (unpaired) electrons. The van der Waals surface area contributed by atoms with E-state index in [0.29, 0.717) is 18.6 Å². The van der Waals surface area contributed by atoms with Crippen molar-refractivity contribution in [3.05, 3.63) is 0 Å². The van der Waals surface area contributed by atoms with Crippen LogP contribution in [0.2, 0.25) is 0 Å². The number of piperidine rings is 1. The van der Waals surface area contributed by atoms with E-state index in [4.69, 9.17) is 0 Å². The van der Waals surface area contributed by atoms with Gasteiger partial charge in [-0.3, -0.25) is 14.6 Å². The second-order valence-electron chi connectivity index (χ2n) is 8.10. The predicted molar refractivity (Wildman–Crippen MR) is 91.0 cm³/mol. The molecule has 3 aliphatic rings. The van der Waals surface area contributed by atoms with Gasteiger partial charge in [-0.05, 0) is 38.0 Å². The minimum atomic E-state index is -0.287. The molecular weight excluding hydrogens is 290 g/mol. The molecule has 23 heavy (non-hydrogen) atoms. The van der Waals surface area contributed by atoms with Gasteiger partial charge in [0, 0.05) is 25.7 Å². The van der Waals surface area contributed by atoms with Crippen LogP contribution in [0.15, 0.2) is 0 Å². The highest BCUT2D eigenvalue weighted by atomic mass is 16.3. The quantitative estimate of drug-likeness (QED) is 0.824. The van der Waals surface area contributed by atoms with Crippen molar-refractivity contribution in [2.45, 2.75) is 76.5 Å². The summed E-state index contributed by atoms with van der Waals surface area (Å²) in [6, 6.07) is 0.315. The van der Waals surface area contributed by atoms with E-state index in [2.05, 4.69) is 29.0 Å². The Bertz CT molecular complexity index is 418. The van der Waals surface area contributed by atoms with E-state index >= 15 is 0 Å². The summed E-state index contributed by atoms with van der Waals surface area (Å²) in [5.41, 5.74) is -0.287. The molecule has 2 heterocycles. The van der Waals surface area contributed by atoms with Gasteiger partial charge in [0.05, 0.1) is 12.8 Å². The lowest BCUT2D eigenvalue weighted by molar-refractivity contribution is -0.130. The topological polar surface area (TPSA) is 55.8 Å². The van der Waals surface area contributed by atoms with Gasteiger partial charge < -0.3 is 10.4 Å². The first-order valence-electron chi connectivity index (χ1n) is 9.48. The first kappa shape index (κ1) is 17.2. The van der Waals surface area contributed by atoms with Crippen molar-refractivity contribution in [3.63, 3.8) is 0 Å². The van der Waals surface area contributed by atoms with E-state index in [1.807, 2.05) is 0 Å². The Morgan fingerprint density at radius 2 is 1.96 bits per heavy atom. The average molecular weight is 323 g/mol. The summed E-state index contributed by atoms with van der Waals surface area (Å²) in [5, 5.41) is 13.4. The van der Waals surface area contributed by atoms with E-state index in [1.54, 1.807) is 0 Å². The van der Waals surface area contributed by atoms with E-state index in [-0.39, 0.29) is 17.6 Å². The predicted octanol–water partition coefficient (Wildman–Crippen LogP) is 1.56. The van der Waals surface area contributed by atoms with E-state index < -0.39 is 0 Å². The fourth-order valence-electron chi connectivity index (χ4n) is 4.62. The number of hydrogen-bond acceptors (Lipinski definition) is 4. The molecule has 2 aliphatic heterocycles. The summed E-state index contributed by atoms with van der Waals surface area (Å²) >= 11 is 0. The maximum atomic E-state index is 12.5. The van der Waals surface area contributed by atoms with Crippen molar-refractivity contribution in [1.82, 2.24) is 15.1 Å². The lowest BCUT2D eigenvalue weighted by atomic mass is 9.83. The zero-order valence-electron chi connectivity index (χ0n) is 14.8. The molecule has 1 spiro atoms. The molecule has 3 fully saturated rings. The van der Waals surface area contributed by atoms with E-state index in [1.165, 1.54) is 6.42 Å². The monoisotopic (exact) mass is 323 g/mol. The highest BCUT2D eigenvalue weighted by molar-refractivity contribution is 5.88. The van der Waals surface area contributed by atoms with Gasteiger partial charge in [-0.15, -0.1) is 0 Å². The zero-order valence-corrected chi connectivity index (χ0v) is 14.8. The molecule has 3 rings (SSSR count). The fourth-order valence-corrected chi connectivity index (χ4v) is 4.62. The summed E-state index contributed by atoms with van der Waals surface area (Å²) in [6.07, 6.45) is 7.20. The number of aliphatic hydroxyl groups is 1. The average Bonchev–Trinajstić information content (AvgIpc) is 2.83. The van der Waals surface area contributed by atoms with Crippen LogP contribution in [0.3, 0.4) is 0 Å². The van der Waals surface area contributed by atoms with Crippen LogP contribution in [0.25, 0.3) is 0 Å². The molecule has 0 bridgehead atoms. The number of nitrogens with one attached hydrogen (secondary N) is 1. The van der Waals surface area contributed by atoms with Gasteiger partial charge in [0.2, 0.25) is 5.91 Å². The number of rotatable bonds is 4. The molecule has 2 unspecified atom stereocenters. The fraction of sp³-hybridized carbons (Fsp3) is 0.944. The highest BCUT2D eigenvalue weighted by Crippen LogP contribution is 2.35. The number of amides is 1. The van der Waals surface area contributed by atoms with Crippen molar-refractivity contribution < 1.29 is 9.90 Å². The number of hydrogen-bond donors (Lipinski definition) is 2. The molecule has 132 valence electrons. The molecule has 0 aromatic heterocycles. The zero-order chi connectivity index (χ0) is 16.4. The van der Waals surface area contributed by atoms with Gasteiger partial charge in [0.15, 0.2) is 0 Å². The number of likely N-dealkylation sites (tertiary alicyclic amines) is 1. The third-order valence-corrected chi connectivity index (χ3v) is 6.22. The van der Waals surface area contributed by atoms with Gasteiger partial charge in [0.1, 0.15) is 5.54 Å². The Morgan fingerprint density at radius 1 is 1.26 bits per heavy atom. The van der Waals surface area contributed by atoms with Crippen LogP contribution < -0.4 is 5.32 Å². The molecule has 0 aromatic carbocycles. The number of carbonyl (C=O) groups excluding carboxylic acids is 1.